The summed E-state index contributed by atoms with van der Waals surface area (Å²) in [5, 5.41) is 3.13. The van der Waals surface area contributed by atoms with E-state index in [2.05, 4.69) is 5.32 Å². The zero-order chi connectivity index (χ0) is 34.3. The highest BCUT2D eigenvalue weighted by molar-refractivity contribution is 7.92. The fourth-order valence-electron chi connectivity index (χ4n) is 6.08. The Kier molecular flexibility index (Phi) is 11.2. The van der Waals surface area contributed by atoms with E-state index >= 15 is 4.39 Å². The van der Waals surface area contributed by atoms with E-state index in [1.54, 1.807) is 48.5 Å². The Morgan fingerprint density at radius 1 is 0.896 bits per heavy atom. The minimum Gasteiger partial charge on any atom is -0.495 e. The molecule has 252 valence electrons. The number of nitrogens with zero attached hydrogens (tertiary/aromatic N) is 2. The molecule has 4 aromatic rings. The molecule has 2 amide bonds. The molecule has 0 aliphatic heterocycles. The number of carbonyl (C=O) groups is 2. The maximum atomic E-state index is 15.2. The van der Waals surface area contributed by atoms with Crippen LogP contribution in [-0.2, 0) is 32.6 Å². The number of nitrogens with one attached hydrogen (secondary N) is 1. The summed E-state index contributed by atoms with van der Waals surface area (Å²) in [6.07, 6.45) is 3.81. The predicted molar refractivity (Wildman–Crippen MR) is 185 cm³/mol. The Morgan fingerprint density at radius 3 is 2.21 bits per heavy atom. The standard InChI is InChI=1S/C38H42FN3O5S/c1-27-17-20-32(21-18-27)48(45,46)42(34-23-28(2)19-22-36(34)47-3)26-37(43)41(25-30-13-7-10-16-33(30)39)35(24-29-11-5-4-6-12-29)38(44)40-31-14-8-9-15-31/h4-7,10-13,16-23,31,35H,8-9,14-15,24-26H2,1-3H3,(H,40,44)/t35-/m1/s1. The van der Waals surface area contributed by atoms with Gasteiger partial charge in [0.05, 0.1) is 17.7 Å². The third-order valence-corrected chi connectivity index (χ3v) is 10.5. The van der Waals surface area contributed by atoms with Gasteiger partial charge in [-0.2, -0.15) is 0 Å². The van der Waals surface area contributed by atoms with Crippen LogP contribution in [0.5, 0.6) is 5.75 Å². The molecule has 1 aliphatic carbocycles. The van der Waals surface area contributed by atoms with E-state index in [-0.39, 0.29) is 46.8 Å². The molecular weight excluding hydrogens is 629 g/mol. The van der Waals surface area contributed by atoms with Gasteiger partial charge in [0.1, 0.15) is 24.2 Å². The monoisotopic (exact) mass is 671 g/mol. The fourth-order valence-corrected chi connectivity index (χ4v) is 7.49. The van der Waals surface area contributed by atoms with Crippen molar-refractivity contribution in [3.05, 3.63) is 125 Å². The molecule has 0 aromatic heterocycles. The van der Waals surface area contributed by atoms with Crippen LogP contribution in [0.4, 0.5) is 10.1 Å². The lowest BCUT2D eigenvalue weighted by atomic mass is 10.0. The number of hydrogen-bond acceptors (Lipinski definition) is 5. The van der Waals surface area contributed by atoms with E-state index in [0.29, 0.717) is 0 Å². The Balaban J connectivity index is 1.61. The molecule has 4 aromatic carbocycles. The van der Waals surface area contributed by atoms with Crippen LogP contribution >= 0.6 is 0 Å². The second kappa shape index (κ2) is 15.5. The highest BCUT2D eigenvalue weighted by atomic mass is 32.2. The summed E-state index contributed by atoms with van der Waals surface area (Å²) in [5.74, 6) is -1.31. The van der Waals surface area contributed by atoms with Crippen molar-refractivity contribution in [2.45, 2.75) is 69.5 Å². The predicted octanol–water partition coefficient (Wildman–Crippen LogP) is 6.35. The molecule has 1 N–H and O–H groups in total. The van der Waals surface area contributed by atoms with Gasteiger partial charge < -0.3 is 15.0 Å². The first-order valence-corrected chi connectivity index (χ1v) is 17.6. The third kappa shape index (κ3) is 8.23. The Morgan fingerprint density at radius 2 is 1.54 bits per heavy atom. The number of sulfonamides is 1. The van der Waals surface area contributed by atoms with Crippen LogP contribution in [0.2, 0.25) is 0 Å². The van der Waals surface area contributed by atoms with Crippen molar-refractivity contribution < 1.29 is 27.1 Å². The zero-order valence-electron chi connectivity index (χ0n) is 27.6. The molecule has 0 heterocycles. The van der Waals surface area contributed by atoms with Gasteiger partial charge in [-0.15, -0.1) is 0 Å². The quantitative estimate of drug-likeness (QED) is 0.179. The van der Waals surface area contributed by atoms with Crippen LogP contribution in [0, 0.1) is 19.7 Å². The van der Waals surface area contributed by atoms with Crippen molar-refractivity contribution in [1.29, 1.82) is 0 Å². The van der Waals surface area contributed by atoms with Gasteiger partial charge in [-0.25, -0.2) is 12.8 Å². The van der Waals surface area contributed by atoms with Crippen molar-refractivity contribution in [2.75, 3.05) is 18.0 Å². The summed E-state index contributed by atoms with van der Waals surface area (Å²) in [5.41, 5.74) is 2.81. The van der Waals surface area contributed by atoms with Gasteiger partial charge in [-0.1, -0.05) is 85.1 Å². The summed E-state index contributed by atoms with van der Waals surface area (Å²) < 4.78 is 50.5. The topological polar surface area (TPSA) is 96.0 Å². The smallest absolute Gasteiger partial charge is 0.264 e. The van der Waals surface area contributed by atoms with Gasteiger partial charge >= 0.3 is 0 Å². The summed E-state index contributed by atoms with van der Waals surface area (Å²) in [6.45, 7) is 2.76. The van der Waals surface area contributed by atoms with Crippen LogP contribution < -0.4 is 14.4 Å². The van der Waals surface area contributed by atoms with E-state index in [4.69, 9.17) is 4.74 Å². The van der Waals surface area contributed by atoms with Crippen molar-refractivity contribution >= 4 is 27.5 Å². The lowest BCUT2D eigenvalue weighted by Gasteiger charge is -2.34. The molecule has 1 fully saturated rings. The Bertz CT molecular complexity index is 1830. The summed E-state index contributed by atoms with van der Waals surface area (Å²) in [4.78, 5) is 30.1. The SMILES string of the molecule is COc1ccc(C)cc1N(CC(=O)N(Cc1ccccc1F)[C@H](Cc1ccccc1)C(=O)NC1CCCC1)S(=O)(=O)c1ccc(C)cc1. The maximum Gasteiger partial charge on any atom is 0.264 e. The second-order valence-electron chi connectivity index (χ2n) is 12.3. The number of aryl methyl sites for hydroxylation is 2. The van der Waals surface area contributed by atoms with Gasteiger partial charge in [0.25, 0.3) is 10.0 Å². The fraction of sp³-hybridized carbons (Fsp3) is 0.316. The van der Waals surface area contributed by atoms with Gasteiger partial charge in [0.2, 0.25) is 11.8 Å². The van der Waals surface area contributed by atoms with Crippen LogP contribution in [0.1, 0.15) is 47.9 Å². The molecule has 0 radical (unpaired) electrons. The Hall–Kier alpha value is -4.70. The molecule has 0 saturated heterocycles. The number of benzene rings is 4. The average molecular weight is 672 g/mol. The molecule has 5 rings (SSSR count). The van der Waals surface area contributed by atoms with E-state index < -0.39 is 34.3 Å². The number of halogens is 1. The highest BCUT2D eigenvalue weighted by Crippen LogP contribution is 2.34. The molecule has 1 saturated carbocycles. The van der Waals surface area contributed by atoms with Crippen molar-refractivity contribution in [3.63, 3.8) is 0 Å². The molecular formula is C38H42FN3O5S. The lowest BCUT2D eigenvalue weighted by Crippen LogP contribution is -2.54. The van der Waals surface area contributed by atoms with Gasteiger partial charge in [-0.05, 0) is 68.1 Å². The molecule has 0 spiro atoms. The first kappa shape index (κ1) is 34.6. The number of hydrogen-bond donors (Lipinski definition) is 1. The first-order valence-electron chi connectivity index (χ1n) is 16.2. The molecule has 0 unspecified atom stereocenters. The number of amides is 2. The second-order valence-corrected chi connectivity index (χ2v) is 14.2. The normalized spacial score (nSPS) is 13.9. The van der Waals surface area contributed by atoms with E-state index in [9.17, 15) is 18.0 Å². The van der Waals surface area contributed by atoms with Gasteiger partial charge in [0, 0.05) is 24.6 Å². The molecule has 1 atom stereocenters. The summed E-state index contributed by atoms with van der Waals surface area (Å²) in [6, 6.07) is 25.8. The average Bonchev–Trinajstić information content (AvgIpc) is 3.59. The molecule has 0 bridgehead atoms. The number of carbonyl (C=O) groups excluding carboxylic acids is 2. The van der Waals surface area contributed by atoms with Gasteiger partial charge in [-0.3, -0.25) is 13.9 Å². The molecule has 1 aliphatic rings. The highest BCUT2D eigenvalue weighted by Gasteiger charge is 2.36. The lowest BCUT2D eigenvalue weighted by molar-refractivity contribution is -0.140. The van der Waals surface area contributed by atoms with E-state index in [1.807, 2.05) is 44.2 Å². The zero-order valence-corrected chi connectivity index (χ0v) is 28.4. The first-order chi connectivity index (χ1) is 23.1. The number of ether oxygens (including phenoxy) is 1. The van der Waals surface area contributed by atoms with E-state index in [0.717, 1.165) is 46.7 Å². The van der Waals surface area contributed by atoms with Crippen molar-refractivity contribution in [2.24, 2.45) is 0 Å². The van der Waals surface area contributed by atoms with Crippen LogP contribution in [0.15, 0.2) is 102 Å². The van der Waals surface area contributed by atoms with Crippen LogP contribution in [0.25, 0.3) is 0 Å². The summed E-state index contributed by atoms with van der Waals surface area (Å²) in [7, 11) is -2.89. The summed E-state index contributed by atoms with van der Waals surface area (Å²) >= 11 is 0. The molecule has 8 nitrogen and oxygen atoms in total. The minimum absolute atomic E-state index is 0.00933. The van der Waals surface area contributed by atoms with Crippen LogP contribution in [0.3, 0.4) is 0 Å². The Labute approximate surface area is 282 Å². The maximum absolute atomic E-state index is 15.2. The molecule has 10 heteroatoms. The number of anilines is 1. The largest absolute Gasteiger partial charge is 0.495 e. The van der Waals surface area contributed by atoms with E-state index in [1.165, 1.54) is 30.2 Å². The number of methoxy groups -OCH3 is 1. The minimum atomic E-state index is -4.32. The third-order valence-electron chi connectivity index (χ3n) is 8.76. The molecule has 48 heavy (non-hydrogen) atoms. The van der Waals surface area contributed by atoms with Crippen molar-refractivity contribution in [1.82, 2.24) is 10.2 Å². The van der Waals surface area contributed by atoms with Gasteiger partial charge in [0.15, 0.2) is 0 Å². The van der Waals surface area contributed by atoms with Crippen molar-refractivity contribution in [3.8, 4) is 5.75 Å². The van der Waals surface area contributed by atoms with Crippen LogP contribution in [-0.4, -0.2) is 50.9 Å². The number of rotatable bonds is 13.